The van der Waals surface area contributed by atoms with E-state index in [0.717, 1.165) is 32.3 Å². The van der Waals surface area contributed by atoms with Crippen LogP contribution in [0.2, 0.25) is 0 Å². The third-order valence-electron chi connectivity index (χ3n) is 3.65. The van der Waals surface area contributed by atoms with Crippen LogP contribution in [0, 0.1) is 6.92 Å². The molecule has 0 aliphatic rings. The highest BCUT2D eigenvalue weighted by Crippen LogP contribution is 2.34. The SMILES string of the molecule is Cc1ccc2nc(Sc3ccccc3-c3ccccn3)[nH]c2c1. The molecule has 112 valence electrons. The molecule has 0 saturated carbocycles. The largest absolute Gasteiger partial charge is 0.333 e. The fourth-order valence-electron chi connectivity index (χ4n) is 2.54. The van der Waals surface area contributed by atoms with E-state index in [1.807, 2.05) is 36.5 Å². The van der Waals surface area contributed by atoms with Crippen molar-refractivity contribution in [3.8, 4) is 11.3 Å². The van der Waals surface area contributed by atoms with E-state index in [9.17, 15) is 0 Å². The van der Waals surface area contributed by atoms with Crippen molar-refractivity contribution in [1.29, 1.82) is 0 Å². The summed E-state index contributed by atoms with van der Waals surface area (Å²) in [6.07, 6.45) is 1.82. The van der Waals surface area contributed by atoms with E-state index < -0.39 is 0 Å². The Kier molecular flexibility index (Phi) is 3.60. The van der Waals surface area contributed by atoms with E-state index in [-0.39, 0.29) is 0 Å². The number of benzene rings is 2. The first kappa shape index (κ1) is 14.0. The monoisotopic (exact) mass is 317 g/mol. The van der Waals surface area contributed by atoms with Crippen LogP contribution in [-0.4, -0.2) is 15.0 Å². The summed E-state index contributed by atoms with van der Waals surface area (Å²) in [5.41, 5.74) is 5.39. The van der Waals surface area contributed by atoms with Gasteiger partial charge in [-0.1, -0.05) is 42.1 Å². The number of fused-ring (bicyclic) bond motifs is 1. The van der Waals surface area contributed by atoms with Gasteiger partial charge < -0.3 is 4.98 Å². The highest BCUT2D eigenvalue weighted by molar-refractivity contribution is 7.99. The summed E-state index contributed by atoms with van der Waals surface area (Å²) >= 11 is 1.63. The Bertz CT molecular complexity index is 961. The van der Waals surface area contributed by atoms with Crippen molar-refractivity contribution in [2.24, 2.45) is 0 Å². The van der Waals surface area contributed by atoms with Crippen molar-refractivity contribution in [3.63, 3.8) is 0 Å². The lowest BCUT2D eigenvalue weighted by Crippen LogP contribution is -1.86. The van der Waals surface area contributed by atoms with E-state index in [1.165, 1.54) is 5.56 Å². The standard InChI is InChI=1S/C19H15N3S/c1-13-9-10-16-17(12-13)22-19(21-16)23-18-8-3-2-6-14(18)15-7-4-5-11-20-15/h2-12H,1H3,(H,21,22). The predicted molar refractivity (Wildman–Crippen MR) is 94.6 cm³/mol. The molecule has 2 aromatic carbocycles. The van der Waals surface area contributed by atoms with Gasteiger partial charge in [-0.2, -0.15) is 0 Å². The Balaban J connectivity index is 1.73. The minimum absolute atomic E-state index is 0.897. The van der Waals surface area contributed by atoms with Crippen molar-refractivity contribution < 1.29 is 0 Å². The number of nitrogens with one attached hydrogen (secondary N) is 1. The van der Waals surface area contributed by atoms with E-state index in [0.29, 0.717) is 0 Å². The van der Waals surface area contributed by atoms with Crippen molar-refractivity contribution in [2.75, 3.05) is 0 Å². The van der Waals surface area contributed by atoms with Gasteiger partial charge in [0.2, 0.25) is 0 Å². The van der Waals surface area contributed by atoms with Crippen LogP contribution in [0.15, 0.2) is 76.9 Å². The quantitative estimate of drug-likeness (QED) is 0.572. The van der Waals surface area contributed by atoms with E-state index in [1.54, 1.807) is 11.8 Å². The highest BCUT2D eigenvalue weighted by atomic mass is 32.2. The summed E-state index contributed by atoms with van der Waals surface area (Å²) in [6.45, 7) is 2.09. The normalized spacial score (nSPS) is 11.0. The predicted octanol–water partition coefficient (Wildman–Crippen LogP) is 5.08. The summed E-state index contributed by atoms with van der Waals surface area (Å²) in [6, 6.07) is 20.5. The smallest absolute Gasteiger partial charge is 0.171 e. The van der Waals surface area contributed by atoms with Crippen LogP contribution < -0.4 is 0 Å². The second-order valence-electron chi connectivity index (χ2n) is 5.38. The van der Waals surface area contributed by atoms with Gasteiger partial charge in [-0.15, -0.1) is 0 Å². The molecule has 0 amide bonds. The van der Waals surface area contributed by atoms with Gasteiger partial charge in [-0.25, -0.2) is 4.98 Å². The maximum atomic E-state index is 4.67. The first-order chi connectivity index (χ1) is 11.3. The molecule has 0 aliphatic heterocycles. The van der Waals surface area contributed by atoms with E-state index in [4.69, 9.17) is 0 Å². The minimum atomic E-state index is 0.897. The molecule has 0 radical (unpaired) electrons. The van der Waals surface area contributed by atoms with Gasteiger partial charge in [-0.3, -0.25) is 4.98 Å². The van der Waals surface area contributed by atoms with Gasteiger partial charge in [-0.05, 0) is 42.8 Å². The Morgan fingerprint density at radius 2 is 1.83 bits per heavy atom. The van der Waals surface area contributed by atoms with E-state index >= 15 is 0 Å². The van der Waals surface area contributed by atoms with Crippen molar-refractivity contribution in [1.82, 2.24) is 15.0 Å². The molecular formula is C19H15N3S. The van der Waals surface area contributed by atoms with Gasteiger partial charge in [0.15, 0.2) is 5.16 Å². The number of hydrogen-bond donors (Lipinski definition) is 1. The molecule has 4 heteroatoms. The number of hydrogen-bond acceptors (Lipinski definition) is 3. The first-order valence-electron chi connectivity index (χ1n) is 7.44. The lowest BCUT2D eigenvalue weighted by molar-refractivity contribution is 1.08. The summed E-state index contributed by atoms with van der Waals surface area (Å²) in [5.74, 6) is 0. The Morgan fingerprint density at radius 1 is 0.957 bits per heavy atom. The van der Waals surface area contributed by atoms with Crippen molar-refractivity contribution >= 4 is 22.8 Å². The summed E-state index contributed by atoms with van der Waals surface area (Å²) < 4.78 is 0. The van der Waals surface area contributed by atoms with Crippen LogP contribution in [0.25, 0.3) is 22.3 Å². The molecule has 2 heterocycles. The summed E-state index contributed by atoms with van der Waals surface area (Å²) in [4.78, 5) is 13.7. The van der Waals surface area contributed by atoms with Crippen LogP contribution in [-0.2, 0) is 0 Å². The number of pyridine rings is 1. The van der Waals surface area contributed by atoms with Crippen LogP contribution in [0.4, 0.5) is 0 Å². The number of aryl methyl sites for hydroxylation is 1. The Hall–Kier alpha value is -2.59. The van der Waals surface area contributed by atoms with Gasteiger partial charge in [0, 0.05) is 16.7 Å². The van der Waals surface area contributed by atoms with Crippen LogP contribution in [0.1, 0.15) is 5.56 Å². The third-order valence-corrected chi connectivity index (χ3v) is 4.61. The number of aromatic amines is 1. The number of aromatic nitrogens is 3. The van der Waals surface area contributed by atoms with Gasteiger partial charge in [0.05, 0.1) is 16.7 Å². The lowest BCUT2D eigenvalue weighted by Gasteiger charge is -2.06. The zero-order chi connectivity index (χ0) is 15.6. The van der Waals surface area contributed by atoms with Gasteiger partial charge >= 0.3 is 0 Å². The second kappa shape index (κ2) is 5.89. The van der Waals surface area contributed by atoms with Crippen molar-refractivity contribution in [2.45, 2.75) is 17.0 Å². The average molecular weight is 317 g/mol. The molecular weight excluding hydrogens is 302 g/mol. The second-order valence-corrected chi connectivity index (χ2v) is 6.41. The molecule has 0 aliphatic carbocycles. The molecule has 3 nitrogen and oxygen atoms in total. The molecule has 2 aromatic heterocycles. The number of rotatable bonds is 3. The lowest BCUT2D eigenvalue weighted by atomic mass is 10.1. The summed E-state index contributed by atoms with van der Waals surface area (Å²) in [7, 11) is 0. The Morgan fingerprint density at radius 3 is 2.70 bits per heavy atom. The molecule has 4 rings (SSSR count). The minimum Gasteiger partial charge on any atom is -0.333 e. The third kappa shape index (κ3) is 2.85. The Labute approximate surface area is 138 Å². The molecule has 23 heavy (non-hydrogen) atoms. The molecule has 0 saturated heterocycles. The number of H-pyrrole nitrogens is 1. The van der Waals surface area contributed by atoms with Crippen LogP contribution in [0.5, 0.6) is 0 Å². The zero-order valence-corrected chi connectivity index (χ0v) is 13.5. The van der Waals surface area contributed by atoms with Crippen molar-refractivity contribution in [3.05, 3.63) is 72.4 Å². The first-order valence-corrected chi connectivity index (χ1v) is 8.26. The topological polar surface area (TPSA) is 41.6 Å². The molecule has 0 bridgehead atoms. The van der Waals surface area contributed by atoms with Gasteiger partial charge in [0.1, 0.15) is 0 Å². The molecule has 0 atom stereocenters. The summed E-state index contributed by atoms with van der Waals surface area (Å²) in [5, 5.41) is 0.897. The highest BCUT2D eigenvalue weighted by Gasteiger charge is 2.10. The average Bonchev–Trinajstić information content (AvgIpc) is 2.97. The molecule has 1 N–H and O–H groups in total. The maximum Gasteiger partial charge on any atom is 0.171 e. The fourth-order valence-corrected chi connectivity index (χ4v) is 3.48. The maximum absolute atomic E-state index is 4.67. The number of nitrogens with zero attached hydrogens (tertiary/aromatic N) is 2. The van der Waals surface area contributed by atoms with E-state index in [2.05, 4.69) is 52.2 Å². The molecule has 0 spiro atoms. The molecule has 4 aromatic rings. The number of imidazole rings is 1. The zero-order valence-electron chi connectivity index (χ0n) is 12.7. The van der Waals surface area contributed by atoms with Gasteiger partial charge in [0.25, 0.3) is 0 Å². The molecule has 0 unspecified atom stereocenters. The fraction of sp³-hybridized carbons (Fsp3) is 0.0526. The molecule has 0 fully saturated rings. The van der Waals surface area contributed by atoms with Crippen LogP contribution >= 0.6 is 11.8 Å². The van der Waals surface area contributed by atoms with Crippen LogP contribution in [0.3, 0.4) is 0 Å².